The van der Waals surface area contributed by atoms with Gasteiger partial charge in [0, 0.05) is 4.88 Å². The van der Waals surface area contributed by atoms with Gasteiger partial charge in [-0.05, 0) is 54.0 Å². The maximum Gasteiger partial charge on any atom is 0.305 e. The Bertz CT molecular complexity index is 399. The standard InChI is InChI=1S/C13H18BrNO2S/c14-12-6-5-11(18-12)10(9-13(16)17)15-7-3-1-2-4-8-15/h5-6,10H,1-4,7-9H2,(H,16,17). The van der Waals surface area contributed by atoms with E-state index in [-0.39, 0.29) is 12.5 Å². The molecule has 1 saturated heterocycles. The third-order valence-electron chi connectivity index (χ3n) is 3.37. The molecule has 1 fully saturated rings. The van der Waals surface area contributed by atoms with E-state index in [4.69, 9.17) is 5.11 Å². The summed E-state index contributed by atoms with van der Waals surface area (Å²) in [5.41, 5.74) is 0. The molecule has 1 atom stereocenters. The van der Waals surface area contributed by atoms with Gasteiger partial charge >= 0.3 is 5.97 Å². The second kappa shape index (κ2) is 6.68. The molecule has 2 heterocycles. The lowest BCUT2D eigenvalue weighted by Gasteiger charge is -2.28. The van der Waals surface area contributed by atoms with Crippen molar-refractivity contribution >= 4 is 33.2 Å². The first kappa shape index (κ1) is 14.0. The highest BCUT2D eigenvalue weighted by atomic mass is 79.9. The van der Waals surface area contributed by atoms with E-state index < -0.39 is 5.97 Å². The second-order valence-corrected chi connectivity index (χ2v) is 7.20. The minimum Gasteiger partial charge on any atom is -0.481 e. The van der Waals surface area contributed by atoms with Gasteiger partial charge in [0.25, 0.3) is 0 Å². The molecule has 1 aliphatic heterocycles. The Labute approximate surface area is 120 Å². The van der Waals surface area contributed by atoms with Crippen molar-refractivity contribution in [3.63, 3.8) is 0 Å². The van der Waals surface area contributed by atoms with E-state index in [0.29, 0.717) is 0 Å². The highest BCUT2D eigenvalue weighted by molar-refractivity contribution is 9.11. The van der Waals surface area contributed by atoms with Crippen LogP contribution in [-0.4, -0.2) is 29.1 Å². The van der Waals surface area contributed by atoms with E-state index in [9.17, 15) is 4.79 Å². The number of hydrogen-bond donors (Lipinski definition) is 1. The van der Waals surface area contributed by atoms with Crippen molar-refractivity contribution in [1.82, 2.24) is 4.90 Å². The van der Waals surface area contributed by atoms with Gasteiger partial charge in [0.2, 0.25) is 0 Å². The van der Waals surface area contributed by atoms with E-state index in [0.717, 1.165) is 21.8 Å². The number of likely N-dealkylation sites (tertiary alicyclic amines) is 1. The molecule has 0 aromatic carbocycles. The molecule has 2 rings (SSSR count). The zero-order valence-electron chi connectivity index (χ0n) is 10.3. The summed E-state index contributed by atoms with van der Waals surface area (Å²) in [5.74, 6) is -0.714. The summed E-state index contributed by atoms with van der Waals surface area (Å²) < 4.78 is 1.07. The Morgan fingerprint density at radius 2 is 2.00 bits per heavy atom. The molecule has 0 radical (unpaired) electrons. The number of hydrogen-bond acceptors (Lipinski definition) is 3. The summed E-state index contributed by atoms with van der Waals surface area (Å²) in [5, 5.41) is 9.12. The van der Waals surface area contributed by atoms with Gasteiger partial charge in [-0.25, -0.2) is 0 Å². The van der Waals surface area contributed by atoms with E-state index in [1.54, 1.807) is 11.3 Å². The van der Waals surface area contributed by atoms with Gasteiger partial charge < -0.3 is 5.11 Å². The van der Waals surface area contributed by atoms with Gasteiger partial charge in [0.1, 0.15) is 0 Å². The number of carboxylic acids is 1. The Morgan fingerprint density at radius 1 is 1.33 bits per heavy atom. The van der Waals surface area contributed by atoms with E-state index in [1.165, 1.54) is 25.7 Å². The third-order valence-corrected chi connectivity index (χ3v) is 5.10. The number of halogens is 1. The number of carbonyl (C=O) groups is 1. The number of carboxylic acid groups (broad SMARTS) is 1. The second-order valence-electron chi connectivity index (χ2n) is 4.71. The summed E-state index contributed by atoms with van der Waals surface area (Å²) in [7, 11) is 0. The average molecular weight is 332 g/mol. The molecular formula is C13H18BrNO2S. The summed E-state index contributed by atoms with van der Waals surface area (Å²) in [6.45, 7) is 2.04. The van der Waals surface area contributed by atoms with Crippen molar-refractivity contribution in [3.8, 4) is 0 Å². The maximum atomic E-state index is 11.1. The quantitative estimate of drug-likeness (QED) is 0.909. The van der Waals surface area contributed by atoms with E-state index >= 15 is 0 Å². The molecule has 18 heavy (non-hydrogen) atoms. The van der Waals surface area contributed by atoms with Crippen LogP contribution in [0, 0.1) is 0 Å². The lowest BCUT2D eigenvalue weighted by Crippen LogP contribution is -2.30. The summed E-state index contributed by atoms with van der Waals surface area (Å²) in [6.07, 6.45) is 5.10. The van der Waals surface area contributed by atoms with Crippen LogP contribution in [0.5, 0.6) is 0 Å². The zero-order chi connectivity index (χ0) is 13.0. The van der Waals surface area contributed by atoms with Gasteiger partial charge in [-0.15, -0.1) is 11.3 Å². The SMILES string of the molecule is O=C(O)CC(c1ccc(Br)s1)N1CCCCCC1. The lowest BCUT2D eigenvalue weighted by atomic mass is 10.1. The van der Waals surface area contributed by atoms with Crippen LogP contribution in [0.3, 0.4) is 0 Å². The summed E-state index contributed by atoms with van der Waals surface area (Å²) in [4.78, 5) is 14.6. The highest BCUT2D eigenvalue weighted by Gasteiger charge is 2.25. The fourth-order valence-corrected chi connectivity index (χ4v) is 4.05. The largest absolute Gasteiger partial charge is 0.481 e. The number of thiophene rings is 1. The van der Waals surface area contributed by atoms with Gasteiger partial charge in [0.05, 0.1) is 16.2 Å². The molecule has 0 amide bonds. The van der Waals surface area contributed by atoms with Crippen LogP contribution >= 0.6 is 27.3 Å². The fraction of sp³-hybridized carbons (Fsp3) is 0.615. The summed E-state index contributed by atoms with van der Waals surface area (Å²) in [6, 6.07) is 4.09. The maximum absolute atomic E-state index is 11.1. The monoisotopic (exact) mass is 331 g/mol. The first-order valence-electron chi connectivity index (χ1n) is 6.38. The topological polar surface area (TPSA) is 40.5 Å². The molecule has 1 unspecified atom stereocenters. The third kappa shape index (κ3) is 3.80. The highest BCUT2D eigenvalue weighted by Crippen LogP contribution is 2.34. The molecule has 5 heteroatoms. The Morgan fingerprint density at radius 3 is 2.50 bits per heavy atom. The van der Waals surface area contributed by atoms with Crippen LogP contribution < -0.4 is 0 Å². The molecular weight excluding hydrogens is 314 g/mol. The molecule has 0 saturated carbocycles. The molecule has 1 aliphatic rings. The molecule has 0 spiro atoms. The Kier molecular flexibility index (Phi) is 5.21. The van der Waals surface area contributed by atoms with Crippen LogP contribution in [0.4, 0.5) is 0 Å². The van der Waals surface area contributed by atoms with Crippen LogP contribution in [-0.2, 0) is 4.79 Å². The van der Waals surface area contributed by atoms with Crippen LogP contribution in [0.2, 0.25) is 0 Å². The molecule has 0 aliphatic carbocycles. The smallest absolute Gasteiger partial charge is 0.305 e. The van der Waals surface area contributed by atoms with Gasteiger partial charge in [0.15, 0.2) is 0 Å². The number of aliphatic carboxylic acids is 1. The predicted octanol–water partition coefficient (Wildman–Crippen LogP) is 3.90. The predicted molar refractivity (Wildman–Crippen MR) is 77.1 cm³/mol. The molecule has 1 aromatic heterocycles. The van der Waals surface area contributed by atoms with Crippen LogP contribution in [0.1, 0.15) is 43.0 Å². The molecule has 1 aromatic rings. The minimum absolute atomic E-state index is 0.0388. The first-order valence-corrected chi connectivity index (χ1v) is 7.99. The molecule has 1 N–H and O–H groups in total. The van der Waals surface area contributed by atoms with Crippen molar-refractivity contribution in [2.45, 2.75) is 38.1 Å². The summed E-state index contributed by atoms with van der Waals surface area (Å²) >= 11 is 5.11. The van der Waals surface area contributed by atoms with Crippen molar-refractivity contribution in [1.29, 1.82) is 0 Å². The normalized spacial score (nSPS) is 19.4. The van der Waals surface area contributed by atoms with E-state index in [2.05, 4.69) is 20.8 Å². The molecule has 0 bridgehead atoms. The van der Waals surface area contributed by atoms with Crippen LogP contribution in [0.25, 0.3) is 0 Å². The van der Waals surface area contributed by atoms with Gasteiger partial charge in [-0.1, -0.05) is 12.8 Å². The molecule has 100 valence electrons. The lowest BCUT2D eigenvalue weighted by molar-refractivity contribution is -0.138. The van der Waals surface area contributed by atoms with Gasteiger partial charge in [-0.3, -0.25) is 9.69 Å². The van der Waals surface area contributed by atoms with Crippen molar-refractivity contribution in [2.75, 3.05) is 13.1 Å². The van der Waals surface area contributed by atoms with Gasteiger partial charge in [-0.2, -0.15) is 0 Å². The average Bonchev–Trinajstić information content (AvgIpc) is 2.60. The Hall–Kier alpha value is -0.390. The number of nitrogens with zero attached hydrogens (tertiary/aromatic N) is 1. The molecule has 3 nitrogen and oxygen atoms in total. The van der Waals surface area contributed by atoms with Crippen molar-refractivity contribution < 1.29 is 9.90 Å². The Balaban J connectivity index is 2.15. The van der Waals surface area contributed by atoms with Crippen molar-refractivity contribution in [3.05, 3.63) is 20.8 Å². The van der Waals surface area contributed by atoms with Crippen molar-refractivity contribution in [2.24, 2.45) is 0 Å². The number of rotatable bonds is 4. The fourth-order valence-electron chi connectivity index (χ4n) is 2.49. The minimum atomic E-state index is -0.714. The van der Waals surface area contributed by atoms with E-state index in [1.807, 2.05) is 12.1 Å². The van der Waals surface area contributed by atoms with Crippen LogP contribution in [0.15, 0.2) is 15.9 Å². The first-order chi connectivity index (χ1) is 8.66. The zero-order valence-corrected chi connectivity index (χ0v) is 12.7.